The van der Waals surface area contributed by atoms with Crippen molar-refractivity contribution in [2.24, 2.45) is 0 Å². The van der Waals surface area contributed by atoms with E-state index < -0.39 is 0 Å². The lowest BCUT2D eigenvalue weighted by molar-refractivity contribution is -0.127. The van der Waals surface area contributed by atoms with Crippen LogP contribution in [0.1, 0.15) is 31.2 Å². The van der Waals surface area contributed by atoms with Crippen LogP contribution in [-0.4, -0.2) is 55.0 Å². The number of methoxy groups -OCH3 is 1. The summed E-state index contributed by atoms with van der Waals surface area (Å²) in [5, 5.41) is 0.636. The van der Waals surface area contributed by atoms with Gasteiger partial charge < -0.3 is 14.5 Å². The lowest BCUT2D eigenvalue weighted by Gasteiger charge is -2.36. The summed E-state index contributed by atoms with van der Waals surface area (Å²) >= 11 is 8.11. The van der Waals surface area contributed by atoms with Gasteiger partial charge in [-0.25, -0.2) is 0 Å². The van der Waals surface area contributed by atoms with E-state index >= 15 is 0 Å². The van der Waals surface area contributed by atoms with E-state index in [9.17, 15) is 4.79 Å². The van der Waals surface area contributed by atoms with Crippen molar-refractivity contribution >= 4 is 35.3 Å². The maximum Gasteiger partial charge on any atom is 0.246 e. The van der Waals surface area contributed by atoms with Crippen LogP contribution in [-0.2, 0) is 4.79 Å². The highest BCUT2D eigenvalue weighted by Crippen LogP contribution is 2.36. The fourth-order valence-corrected chi connectivity index (χ4v) is 5.63. The first-order valence-corrected chi connectivity index (χ1v) is 12.1. The minimum absolute atomic E-state index is 0.0726. The van der Waals surface area contributed by atoms with E-state index in [0.717, 1.165) is 47.0 Å². The molecule has 0 aliphatic carbocycles. The van der Waals surface area contributed by atoms with Gasteiger partial charge in [0.1, 0.15) is 5.75 Å². The number of rotatable bonds is 6. The molecular weight excluding hydrogens is 428 g/mol. The van der Waals surface area contributed by atoms with E-state index in [1.165, 1.54) is 25.9 Å². The first kappa shape index (κ1) is 22.3. The van der Waals surface area contributed by atoms with Crippen LogP contribution in [0.15, 0.2) is 58.3 Å². The summed E-state index contributed by atoms with van der Waals surface area (Å²) in [7, 11) is 1.67. The molecule has 2 aliphatic rings. The second-order valence-corrected chi connectivity index (χ2v) is 9.59. The van der Waals surface area contributed by atoms with Gasteiger partial charge in [0.2, 0.25) is 5.91 Å². The minimum Gasteiger partial charge on any atom is -0.496 e. The molecule has 2 fully saturated rings. The Hall–Kier alpha value is -1.95. The number of benzene rings is 2. The summed E-state index contributed by atoms with van der Waals surface area (Å²) in [6.45, 7) is 4.13. The summed E-state index contributed by atoms with van der Waals surface area (Å²) in [4.78, 5) is 19.3. The second kappa shape index (κ2) is 10.6. The number of halogens is 1. The molecule has 0 bridgehead atoms. The van der Waals surface area contributed by atoms with Gasteiger partial charge in [0.15, 0.2) is 0 Å². The van der Waals surface area contributed by atoms with Gasteiger partial charge in [-0.05, 0) is 74.7 Å². The van der Waals surface area contributed by atoms with Crippen molar-refractivity contribution in [1.82, 2.24) is 9.80 Å². The third-order valence-corrected chi connectivity index (χ3v) is 7.48. The van der Waals surface area contributed by atoms with Gasteiger partial charge in [-0.1, -0.05) is 41.6 Å². The van der Waals surface area contributed by atoms with Gasteiger partial charge in [-0.2, -0.15) is 0 Å². The molecule has 2 aliphatic heterocycles. The maximum absolute atomic E-state index is 12.7. The molecule has 2 aromatic rings. The highest BCUT2D eigenvalue weighted by molar-refractivity contribution is 7.99. The molecule has 6 heteroatoms. The zero-order valence-electron chi connectivity index (χ0n) is 17.9. The standard InChI is InChI=1S/C25H29ClN2O2S/c1-30-23-6-2-3-7-24(23)31-21-10-8-19(22(26)18-21)9-11-25(29)28-16-12-20(13-17-28)27-14-4-5-15-27/h2-3,6-11,18,20H,4-5,12-17H2,1H3/b11-9+. The molecule has 0 atom stereocenters. The summed E-state index contributed by atoms with van der Waals surface area (Å²) in [6.07, 6.45) is 8.28. The molecule has 1 amide bonds. The molecule has 0 saturated carbocycles. The Morgan fingerprint density at radius 1 is 1.10 bits per heavy atom. The number of carbonyl (C=O) groups excluding carboxylic acids is 1. The van der Waals surface area contributed by atoms with Gasteiger partial charge in [0.25, 0.3) is 0 Å². The zero-order chi connectivity index (χ0) is 21.6. The van der Waals surface area contributed by atoms with Crippen LogP contribution in [0.4, 0.5) is 0 Å². The third kappa shape index (κ3) is 5.65. The van der Waals surface area contributed by atoms with Crippen molar-refractivity contribution < 1.29 is 9.53 Å². The number of para-hydroxylation sites is 1. The lowest BCUT2D eigenvalue weighted by Crippen LogP contribution is -2.45. The zero-order valence-corrected chi connectivity index (χ0v) is 19.5. The molecule has 4 nitrogen and oxygen atoms in total. The van der Waals surface area contributed by atoms with Crippen LogP contribution < -0.4 is 4.74 Å². The van der Waals surface area contributed by atoms with E-state index in [4.69, 9.17) is 16.3 Å². The quantitative estimate of drug-likeness (QED) is 0.529. The Kier molecular flexibility index (Phi) is 7.59. The molecule has 4 rings (SSSR count). The molecule has 0 radical (unpaired) electrons. The number of piperidine rings is 1. The average Bonchev–Trinajstić information content (AvgIpc) is 3.34. The molecule has 0 N–H and O–H groups in total. The number of amides is 1. The second-order valence-electron chi connectivity index (χ2n) is 8.07. The Morgan fingerprint density at radius 2 is 1.84 bits per heavy atom. The number of nitrogens with zero attached hydrogens (tertiary/aromatic N) is 2. The lowest BCUT2D eigenvalue weighted by atomic mass is 10.0. The molecule has 0 spiro atoms. The predicted octanol–water partition coefficient (Wildman–Crippen LogP) is 5.60. The number of ether oxygens (including phenoxy) is 1. The van der Waals surface area contributed by atoms with Crippen molar-refractivity contribution in [3.8, 4) is 5.75 Å². The monoisotopic (exact) mass is 456 g/mol. The highest BCUT2D eigenvalue weighted by Gasteiger charge is 2.27. The van der Waals surface area contributed by atoms with Gasteiger partial charge in [-0.15, -0.1) is 0 Å². The van der Waals surface area contributed by atoms with E-state index in [-0.39, 0.29) is 5.91 Å². The largest absolute Gasteiger partial charge is 0.496 e. The maximum atomic E-state index is 12.7. The van der Waals surface area contributed by atoms with E-state index in [2.05, 4.69) is 4.90 Å². The van der Waals surface area contributed by atoms with Crippen molar-refractivity contribution in [2.45, 2.75) is 41.5 Å². The first-order chi connectivity index (χ1) is 15.1. The normalized spacial score (nSPS) is 18.1. The number of likely N-dealkylation sites (tertiary alicyclic amines) is 2. The summed E-state index contributed by atoms with van der Waals surface area (Å²) in [5.41, 5.74) is 0.853. The van der Waals surface area contributed by atoms with Crippen LogP contribution in [0, 0.1) is 0 Å². The Bertz CT molecular complexity index is 935. The van der Waals surface area contributed by atoms with Crippen LogP contribution >= 0.6 is 23.4 Å². The molecule has 2 heterocycles. The van der Waals surface area contributed by atoms with Gasteiger partial charge in [0.05, 0.1) is 12.0 Å². The highest BCUT2D eigenvalue weighted by atomic mass is 35.5. The Labute approximate surface area is 194 Å². The van der Waals surface area contributed by atoms with Crippen molar-refractivity contribution in [2.75, 3.05) is 33.3 Å². The minimum atomic E-state index is 0.0726. The predicted molar refractivity (Wildman–Crippen MR) is 128 cm³/mol. The van der Waals surface area contributed by atoms with Gasteiger partial charge >= 0.3 is 0 Å². The SMILES string of the molecule is COc1ccccc1Sc1ccc(/C=C/C(=O)N2CCC(N3CCCC3)CC2)c(Cl)c1. The molecular formula is C25H29ClN2O2S. The average molecular weight is 457 g/mol. The number of hydrogen-bond donors (Lipinski definition) is 0. The van der Waals surface area contributed by atoms with Crippen LogP contribution in [0.5, 0.6) is 5.75 Å². The van der Waals surface area contributed by atoms with Crippen LogP contribution in [0.25, 0.3) is 6.08 Å². The fourth-order valence-electron chi connectivity index (χ4n) is 4.36. The summed E-state index contributed by atoms with van der Waals surface area (Å²) in [5.74, 6) is 0.912. The number of carbonyl (C=O) groups is 1. The molecule has 164 valence electrons. The van der Waals surface area contributed by atoms with E-state index in [0.29, 0.717) is 11.1 Å². The first-order valence-electron chi connectivity index (χ1n) is 11.0. The Balaban J connectivity index is 1.34. The Morgan fingerprint density at radius 3 is 2.55 bits per heavy atom. The van der Waals surface area contributed by atoms with Crippen LogP contribution in [0.2, 0.25) is 5.02 Å². The van der Waals surface area contributed by atoms with Crippen molar-refractivity contribution in [3.63, 3.8) is 0 Å². The van der Waals surface area contributed by atoms with Gasteiger partial charge in [-0.3, -0.25) is 4.79 Å². The molecule has 31 heavy (non-hydrogen) atoms. The third-order valence-electron chi connectivity index (χ3n) is 6.11. The summed E-state index contributed by atoms with van der Waals surface area (Å²) in [6, 6.07) is 14.5. The number of hydrogen-bond acceptors (Lipinski definition) is 4. The van der Waals surface area contributed by atoms with E-state index in [1.807, 2.05) is 53.4 Å². The fraction of sp³-hybridized carbons (Fsp3) is 0.400. The topological polar surface area (TPSA) is 32.8 Å². The van der Waals surface area contributed by atoms with Crippen LogP contribution in [0.3, 0.4) is 0 Å². The molecule has 2 saturated heterocycles. The summed E-state index contributed by atoms with van der Waals surface area (Å²) < 4.78 is 5.42. The molecule has 0 aromatic heterocycles. The molecule has 2 aromatic carbocycles. The van der Waals surface area contributed by atoms with Crippen molar-refractivity contribution in [1.29, 1.82) is 0 Å². The van der Waals surface area contributed by atoms with Gasteiger partial charge in [0, 0.05) is 35.1 Å². The molecule has 0 unspecified atom stereocenters. The van der Waals surface area contributed by atoms with E-state index in [1.54, 1.807) is 24.9 Å². The van der Waals surface area contributed by atoms with Crippen molar-refractivity contribution in [3.05, 3.63) is 59.1 Å². The smallest absolute Gasteiger partial charge is 0.246 e.